The van der Waals surface area contributed by atoms with Gasteiger partial charge in [-0.25, -0.2) is 0 Å². The van der Waals surface area contributed by atoms with Gasteiger partial charge in [0.2, 0.25) is 0 Å². The highest BCUT2D eigenvalue weighted by Gasteiger charge is 2.19. The monoisotopic (exact) mass is 369 g/mol. The Hall–Kier alpha value is -2.37. The average molecular weight is 370 g/mol. The first kappa shape index (κ1) is 18.4. The smallest absolute Gasteiger partial charge is 0.279 e. The van der Waals surface area contributed by atoms with E-state index in [1.807, 2.05) is 37.3 Å². The molecule has 0 aliphatic heterocycles. The molecule has 2 N–H and O–H groups in total. The van der Waals surface area contributed by atoms with Crippen LogP contribution in [0.2, 0.25) is 0 Å². The molecule has 3 rings (SSSR count). The summed E-state index contributed by atoms with van der Waals surface area (Å²) in [6.07, 6.45) is 2.58. The Labute approximate surface area is 158 Å². The number of quaternary nitrogens is 1. The molecule has 1 unspecified atom stereocenters. The van der Waals surface area contributed by atoms with Crippen molar-refractivity contribution in [2.75, 3.05) is 11.9 Å². The molecule has 2 heterocycles. The van der Waals surface area contributed by atoms with Crippen LogP contribution >= 0.6 is 11.3 Å². The van der Waals surface area contributed by atoms with Crippen LogP contribution in [0.25, 0.3) is 0 Å². The summed E-state index contributed by atoms with van der Waals surface area (Å²) in [5.74, 6) is 0.932. The Kier molecular flexibility index (Phi) is 6.26. The van der Waals surface area contributed by atoms with Gasteiger partial charge in [0.25, 0.3) is 5.91 Å². The summed E-state index contributed by atoms with van der Waals surface area (Å²) in [4.78, 5) is 15.2. The summed E-state index contributed by atoms with van der Waals surface area (Å²) < 4.78 is 5.49. The van der Waals surface area contributed by atoms with Gasteiger partial charge in [0, 0.05) is 5.69 Å². The molecular weight excluding hydrogens is 344 g/mol. The molecular formula is C21H25N2O2S+. The maximum absolute atomic E-state index is 12.7. The van der Waals surface area contributed by atoms with E-state index in [-0.39, 0.29) is 5.91 Å². The normalized spacial score (nSPS) is 12.1. The summed E-state index contributed by atoms with van der Waals surface area (Å²) in [6.45, 7) is 6.03. The topological polar surface area (TPSA) is 46.7 Å². The molecule has 3 aromatic rings. The molecule has 0 spiro atoms. The van der Waals surface area contributed by atoms with Crippen molar-refractivity contribution in [3.63, 3.8) is 0 Å². The fraction of sp³-hybridized carbons (Fsp3) is 0.286. The van der Waals surface area contributed by atoms with E-state index < -0.39 is 0 Å². The number of carbonyl (C=O) groups excluding carboxylic acids is 1. The number of aryl methyl sites for hydroxylation is 2. The van der Waals surface area contributed by atoms with Crippen LogP contribution in [0.4, 0.5) is 5.69 Å². The van der Waals surface area contributed by atoms with Crippen LogP contribution in [0, 0.1) is 6.92 Å². The van der Waals surface area contributed by atoms with Crippen LogP contribution in [0.3, 0.4) is 0 Å². The third-order valence-corrected chi connectivity index (χ3v) is 5.30. The van der Waals surface area contributed by atoms with Gasteiger partial charge in [0.05, 0.1) is 11.1 Å². The number of amides is 1. The van der Waals surface area contributed by atoms with Gasteiger partial charge in [-0.3, -0.25) is 4.79 Å². The first-order valence-corrected chi connectivity index (χ1v) is 9.80. The molecule has 0 fully saturated rings. The lowest BCUT2D eigenvalue weighted by Gasteiger charge is -2.19. The highest BCUT2D eigenvalue weighted by molar-refractivity contribution is 7.09. The zero-order valence-corrected chi connectivity index (χ0v) is 16.1. The number of rotatable bonds is 8. The molecule has 0 saturated carbocycles. The molecule has 1 aromatic carbocycles. The van der Waals surface area contributed by atoms with E-state index in [0.717, 1.165) is 34.9 Å². The summed E-state index contributed by atoms with van der Waals surface area (Å²) >= 11 is 1.72. The van der Waals surface area contributed by atoms with Crippen molar-refractivity contribution >= 4 is 22.9 Å². The molecule has 26 heavy (non-hydrogen) atoms. The van der Waals surface area contributed by atoms with Crippen molar-refractivity contribution in [2.24, 2.45) is 0 Å². The quantitative estimate of drug-likeness (QED) is 0.639. The van der Waals surface area contributed by atoms with E-state index in [4.69, 9.17) is 4.42 Å². The number of thiophene rings is 1. The number of carbonyl (C=O) groups is 1. The van der Waals surface area contributed by atoms with E-state index in [9.17, 15) is 4.79 Å². The van der Waals surface area contributed by atoms with E-state index in [0.29, 0.717) is 13.1 Å². The Balaban J connectivity index is 1.70. The van der Waals surface area contributed by atoms with Gasteiger partial charge in [-0.05, 0) is 48.1 Å². The van der Waals surface area contributed by atoms with E-state index in [1.165, 1.54) is 10.4 Å². The predicted molar refractivity (Wildman–Crippen MR) is 105 cm³/mol. The molecule has 0 saturated heterocycles. The van der Waals surface area contributed by atoms with Gasteiger partial charge in [-0.1, -0.05) is 31.2 Å². The molecule has 0 aliphatic rings. The third-order valence-electron chi connectivity index (χ3n) is 4.42. The molecule has 1 atom stereocenters. The van der Waals surface area contributed by atoms with Gasteiger partial charge in [0.15, 0.2) is 12.3 Å². The van der Waals surface area contributed by atoms with Crippen LogP contribution in [-0.2, 0) is 24.3 Å². The minimum atomic E-state index is 0.0344. The number of para-hydroxylation sites is 1. The first-order chi connectivity index (χ1) is 12.7. The Morgan fingerprint density at radius 3 is 2.73 bits per heavy atom. The standard InChI is InChI=1S/C21H24N2O2S/c1-3-17-8-4-7-16(2)21(17)22-20(24)15-23(13-18-9-5-11-25-18)14-19-10-6-12-26-19/h4-12H,3,13-15H2,1-2H3,(H,22,24)/p+1. The third kappa shape index (κ3) is 4.84. The average Bonchev–Trinajstić information content (AvgIpc) is 3.30. The zero-order valence-electron chi connectivity index (χ0n) is 15.2. The van der Waals surface area contributed by atoms with Crippen LogP contribution in [0.5, 0.6) is 0 Å². The minimum Gasteiger partial charge on any atom is -0.463 e. The number of nitrogens with one attached hydrogen (secondary N) is 2. The van der Waals surface area contributed by atoms with Crippen LogP contribution in [0.15, 0.2) is 58.5 Å². The van der Waals surface area contributed by atoms with E-state index >= 15 is 0 Å². The maximum Gasteiger partial charge on any atom is 0.279 e. The Morgan fingerprint density at radius 1 is 1.15 bits per heavy atom. The second-order valence-electron chi connectivity index (χ2n) is 6.45. The van der Waals surface area contributed by atoms with Gasteiger partial charge in [0.1, 0.15) is 13.1 Å². The van der Waals surface area contributed by atoms with Gasteiger partial charge in [-0.15, -0.1) is 11.3 Å². The molecule has 5 heteroatoms. The Morgan fingerprint density at radius 2 is 2.04 bits per heavy atom. The number of anilines is 1. The minimum absolute atomic E-state index is 0.0344. The highest BCUT2D eigenvalue weighted by Crippen LogP contribution is 2.20. The lowest BCUT2D eigenvalue weighted by Crippen LogP contribution is -3.10. The number of benzene rings is 1. The van der Waals surface area contributed by atoms with Crippen molar-refractivity contribution in [3.05, 3.63) is 75.9 Å². The molecule has 1 amide bonds. The molecule has 136 valence electrons. The molecule has 0 bridgehead atoms. The fourth-order valence-electron chi connectivity index (χ4n) is 3.12. The summed E-state index contributed by atoms with van der Waals surface area (Å²) in [5, 5.41) is 5.20. The van der Waals surface area contributed by atoms with Crippen LogP contribution < -0.4 is 10.2 Å². The first-order valence-electron chi connectivity index (χ1n) is 8.92. The van der Waals surface area contributed by atoms with Crippen molar-refractivity contribution < 1.29 is 14.1 Å². The number of furan rings is 1. The van der Waals surface area contributed by atoms with Gasteiger partial charge in [-0.2, -0.15) is 0 Å². The van der Waals surface area contributed by atoms with Gasteiger partial charge >= 0.3 is 0 Å². The SMILES string of the molecule is CCc1cccc(C)c1NC(=O)C[NH+](Cc1ccco1)Cc1cccs1. The summed E-state index contributed by atoms with van der Waals surface area (Å²) in [6, 6.07) is 14.2. The van der Waals surface area contributed by atoms with Crippen molar-refractivity contribution in [2.45, 2.75) is 33.4 Å². The summed E-state index contributed by atoms with van der Waals surface area (Å²) in [5.41, 5.74) is 3.22. The lowest BCUT2D eigenvalue weighted by atomic mass is 10.1. The largest absolute Gasteiger partial charge is 0.463 e. The molecule has 0 aliphatic carbocycles. The maximum atomic E-state index is 12.7. The van der Waals surface area contributed by atoms with E-state index in [1.54, 1.807) is 17.6 Å². The lowest BCUT2D eigenvalue weighted by molar-refractivity contribution is -0.920. The second kappa shape index (κ2) is 8.83. The van der Waals surface area contributed by atoms with E-state index in [2.05, 4.69) is 29.8 Å². The predicted octanol–water partition coefficient (Wildman–Crippen LogP) is 3.44. The second-order valence-corrected chi connectivity index (χ2v) is 7.48. The molecule has 4 nitrogen and oxygen atoms in total. The van der Waals surface area contributed by atoms with Gasteiger partial charge < -0.3 is 14.6 Å². The fourth-order valence-corrected chi connectivity index (χ4v) is 3.90. The van der Waals surface area contributed by atoms with Crippen molar-refractivity contribution in [1.29, 1.82) is 0 Å². The molecule has 2 aromatic heterocycles. The van der Waals surface area contributed by atoms with Crippen LogP contribution in [0.1, 0.15) is 28.7 Å². The zero-order chi connectivity index (χ0) is 18.4. The Bertz CT molecular complexity index is 790. The number of hydrogen-bond donors (Lipinski definition) is 2. The van der Waals surface area contributed by atoms with Crippen molar-refractivity contribution in [1.82, 2.24) is 0 Å². The van der Waals surface area contributed by atoms with Crippen LogP contribution in [-0.4, -0.2) is 12.5 Å². The summed E-state index contributed by atoms with van der Waals surface area (Å²) in [7, 11) is 0. The number of hydrogen-bond acceptors (Lipinski definition) is 3. The van der Waals surface area contributed by atoms with Crippen molar-refractivity contribution in [3.8, 4) is 0 Å². The highest BCUT2D eigenvalue weighted by atomic mass is 32.1. The molecule has 0 radical (unpaired) electrons.